The van der Waals surface area contributed by atoms with Crippen LogP contribution in [0.4, 0.5) is 0 Å². The Morgan fingerprint density at radius 2 is 2.11 bits per heavy atom. The van der Waals surface area contributed by atoms with E-state index in [1.807, 2.05) is 6.08 Å². The predicted molar refractivity (Wildman–Crippen MR) is 76.2 cm³/mol. The Labute approximate surface area is 112 Å². The van der Waals surface area contributed by atoms with Crippen LogP contribution in [0.15, 0.2) is 12.2 Å². The zero-order valence-electron chi connectivity index (χ0n) is 12.3. The first kappa shape index (κ1) is 15.6. The number of unbranched alkanes of at least 4 members (excludes halogenated alkanes) is 1. The molecule has 2 unspecified atom stereocenters. The first-order valence-corrected chi connectivity index (χ1v) is 10.2. The van der Waals surface area contributed by atoms with Gasteiger partial charge in [0.25, 0.3) is 0 Å². The second-order valence-electron chi connectivity index (χ2n) is 5.90. The van der Waals surface area contributed by atoms with Crippen molar-refractivity contribution in [1.29, 1.82) is 0 Å². The van der Waals surface area contributed by atoms with Gasteiger partial charge in [0.1, 0.15) is 11.7 Å². The average molecular weight is 270 g/mol. The Bertz CT molecular complexity index is 319. The van der Waals surface area contributed by atoms with Gasteiger partial charge in [-0.15, -0.1) is 0 Å². The van der Waals surface area contributed by atoms with Gasteiger partial charge in [0.05, 0.1) is 0 Å². The molecule has 0 radical (unpaired) electrons. The molecule has 0 amide bonds. The third-order valence-electron chi connectivity index (χ3n) is 3.16. The van der Waals surface area contributed by atoms with Crippen molar-refractivity contribution in [3.63, 3.8) is 0 Å². The highest BCUT2D eigenvalue weighted by atomic mass is 28.4. The molecule has 0 bridgehead atoms. The monoisotopic (exact) mass is 270 g/mol. The molecule has 1 aliphatic carbocycles. The molecule has 1 fully saturated rings. The highest BCUT2D eigenvalue weighted by Crippen LogP contribution is 2.39. The number of ether oxygens (including phenoxy) is 1. The molecule has 0 heterocycles. The molecule has 0 aromatic rings. The van der Waals surface area contributed by atoms with E-state index in [4.69, 9.17) is 9.16 Å². The van der Waals surface area contributed by atoms with Crippen molar-refractivity contribution in [2.45, 2.75) is 64.0 Å². The summed E-state index contributed by atoms with van der Waals surface area (Å²) < 4.78 is 11.7. The van der Waals surface area contributed by atoms with Crippen LogP contribution < -0.4 is 0 Å². The van der Waals surface area contributed by atoms with Gasteiger partial charge in [0.2, 0.25) is 0 Å². The zero-order chi connectivity index (χ0) is 13.8. The summed E-state index contributed by atoms with van der Waals surface area (Å²) in [7, 11) is -0.111. The third-order valence-corrected chi connectivity index (χ3v) is 4.14. The number of hydrogen-bond acceptors (Lipinski definition) is 3. The van der Waals surface area contributed by atoms with Crippen LogP contribution in [0.3, 0.4) is 0 Å². The van der Waals surface area contributed by atoms with Gasteiger partial charge in [-0.25, -0.2) is 0 Å². The van der Waals surface area contributed by atoms with Crippen LogP contribution in [-0.2, 0) is 14.0 Å². The molecule has 0 aromatic carbocycles. The third kappa shape index (κ3) is 3.53. The Hall–Kier alpha value is -0.453. The molecule has 0 aromatic heterocycles. The second kappa shape index (κ2) is 6.13. The number of methoxy groups -OCH3 is 1. The molecule has 1 aliphatic rings. The smallest absolute Gasteiger partial charge is 0.185 e. The number of carbonyl (C=O) groups is 1. The first-order valence-electron chi connectivity index (χ1n) is 6.78. The lowest BCUT2D eigenvalue weighted by molar-refractivity contribution is -0.161. The van der Waals surface area contributed by atoms with E-state index in [1.54, 1.807) is 7.11 Å². The average Bonchev–Trinajstić information content (AvgIpc) is 2.29. The van der Waals surface area contributed by atoms with Gasteiger partial charge < -0.3 is 9.16 Å². The Balaban J connectivity index is 2.85. The van der Waals surface area contributed by atoms with Gasteiger partial charge in [-0.1, -0.05) is 25.5 Å². The minimum atomic E-state index is -1.77. The van der Waals surface area contributed by atoms with E-state index < -0.39 is 13.9 Å². The van der Waals surface area contributed by atoms with Crippen LogP contribution in [0.1, 0.15) is 32.6 Å². The van der Waals surface area contributed by atoms with Crippen LogP contribution in [-0.4, -0.2) is 32.9 Å². The number of allylic oxidation sites excluding steroid dienone is 1. The second-order valence-corrected chi connectivity index (χ2v) is 10.3. The lowest BCUT2D eigenvalue weighted by atomic mass is 9.74. The number of rotatable bonds is 7. The Morgan fingerprint density at radius 1 is 1.44 bits per heavy atom. The van der Waals surface area contributed by atoms with Crippen molar-refractivity contribution in [3.05, 3.63) is 12.2 Å². The molecular weight excluding hydrogens is 244 g/mol. The van der Waals surface area contributed by atoms with E-state index in [2.05, 4.69) is 32.6 Å². The summed E-state index contributed by atoms with van der Waals surface area (Å²) in [5, 5.41) is 0. The maximum Gasteiger partial charge on any atom is 0.185 e. The molecule has 0 N–H and O–H groups in total. The molecule has 2 atom stereocenters. The van der Waals surface area contributed by atoms with Crippen molar-refractivity contribution >= 4 is 14.1 Å². The van der Waals surface area contributed by atoms with Gasteiger partial charge in [-0.05, 0) is 32.5 Å². The van der Waals surface area contributed by atoms with Crippen molar-refractivity contribution in [2.24, 2.45) is 0 Å². The summed E-state index contributed by atoms with van der Waals surface area (Å²) in [5.41, 5.74) is -0.705. The quantitative estimate of drug-likeness (QED) is 0.526. The molecule has 0 saturated heterocycles. The van der Waals surface area contributed by atoms with Gasteiger partial charge in [-0.3, -0.25) is 4.79 Å². The van der Waals surface area contributed by atoms with Crippen LogP contribution in [0.25, 0.3) is 0 Å². The van der Waals surface area contributed by atoms with Crippen LogP contribution in [0.2, 0.25) is 19.6 Å². The Morgan fingerprint density at radius 3 is 2.44 bits per heavy atom. The van der Waals surface area contributed by atoms with Crippen LogP contribution >= 0.6 is 0 Å². The molecule has 3 nitrogen and oxygen atoms in total. The number of hydrogen-bond donors (Lipinski definition) is 0. The summed E-state index contributed by atoms with van der Waals surface area (Å²) in [5.74, 6) is 0.193. The summed E-state index contributed by atoms with van der Waals surface area (Å²) in [6.45, 7) is 8.48. The number of carbonyl (C=O) groups excluding carboxylic acids is 1. The van der Waals surface area contributed by atoms with Gasteiger partial charge in [-0.2, -0.15) is 0 Å². The number of Topliss-reactive ketones (excluding diaryl/α,β-unsaturated/α-hetero) is 1. The molecular formula is C14H26O3Si. The minimum Gasteiger partial charge on any atom is -0.403 e. The topological polar surface area (TPSA) is 35.5 Å². The molecule has 104 valence electrons. The predicted octanol–water partition coefficient (Wildman–Crippen LogP) is 3.31. The fourth-order valence-corrected chi connectivity index (χ4v) is 3.72. The largest absolute Gasteiger partial charge is 0.403 e. The van der Waals surface area contributed by atoms with Crippen molar-refractivity contribution < 1.29 is 14.0 Å². The standard InChI is InChI=1S/C14H26O3Si/c1-6-7-8-9-13(16-2)14(11-10-12(14)15)17-18(3,4)5/h8-9,13H,6-7,10-11H2,1-5H3/b9-8+. The van der Waals surface area contributed by atoms with Gasteiger partial charge in [0.15, 0.2) is 14.1 Å². The summed E-state index contributed by atoms with van der Waals surface area (Å²) >= 11 is 0. The summed E-state index contributed by atoms with van der Waals surface area (Å²) in [6.07, 6.45) is 7.36. The van der Waals surface area contributed by atoms with E-state index in [9.17, 15) is 4.79 Å². The molecule has 1 rings (SSSR count). The summed E-state index contributed by atoms with van der Waals surface area (Å²) in [4.78, 5) is 12.0. The SMILES string of the molecule is CCC/C=C/C(OC)C1(O[Si](C)(C)C)CCC1=O. The zero-order valence-corrected chi connectivity index (χ0v) is 13.3. The maximum absolute atomic E-state index is 12.0. The van der Waals surface area contributed by atoms with Gasteiger partial charge >= 0.3 is 0 Å². The highest BCUT2D eigenvalue weighted by Gasteiger charge is 2.54. The Kier molecular flexibility index (Phi) is 5.31. The fraction of sp³-hybridized carbons (Fsp3) is 0.786. The lowest BCUT2D eigenvalue weighted by Gasteiger charge is -2.47. The molecule has 4 heteroatoms. The van der Waals surface area contributed by atoms with Crippen molar-refractivity contribution in [1.82, 2.24) is 0 Å². The number of ketones is 1. The fourth-order valence-electron chi connectivity index (χ4n) is 2.30. The molecule has 0 aliphatic heterocycles. The first-order chi connectivity index (χ1) is 8.35. The van der Waals surface area contributed by atoms with E-state index in [1.165, 1.54) is 0 Å². The van der Waals surface area contributed by atoms with E-state index in [0.717, 1.165) is 19.3 Å². The van der Waals surface area contributed by atoms with Crippen LogP contribution in [0.5, 0.6) is 0 Å². The van der Waals surface area contributed by atoms with Crippen molar-refractivity contribution in [3.8, 4) is 0 Å². The van der Waals surface area contributed by atoms with E-state index in [-0.39, 0.29) is 11.9 Å². The lowest BCUT2D eigenvalue weighted by Crippen LogP contribution is -2.62. The normalized spacial score (nSPS) is 26.4. The molecule has 0 spiro atoms. The molecule has 1 saturated carbocycles. The van der Waals surface area contributed by atoms with Gasteiger partial charge in [0, 0.05) is 13.5 Å². The molecule has 18 heavy (non-hydrogen) atoms. The summed E-state index contributed by atoms with van der Waals surface area (Å²) in [6, 6.07) is 0. The minimum absolute atomic E-state index is 0.193. The van der Waals surface area contributed by atoms with Crippen molar-refractivity contribution in [2.75, 3.05) is 7.11 Å². The highest BCUT2D eigenvalue weighted by molar-refractivity contribution is 6.70. The van der Waals surface area contributed by atoms with Crippen LogP contribution in [0, 0.1) is 0 Å². The van der Waals surface area contributed by atoms with E-state index >= 15 is 0 Å². The maximum atomic E-state index is 12.0. The van der Waals surface area contributed by atoms with E-state index in [0.29, 0.717) is 6.42 Å².